The van der Waals surface area contributed by atoms with Gasteiger partial charge in [-0.15, -0.1) is 11.3 Å². The highest BCUT2D eigenvalue weighted by Crippen LogP contribution is 2.38. The van der Waals surface area contributed by atoms with Crippen LogP contribution in [0.15, 0.2) is 6.07 Å². The Balaban J connectivity index is 3.01. The number of nitrogens with one attached hydrogen (secondary N) is 1. The smallest absolute Gasteiger partial charge is 0.341 e. The molecule has 0 radical (unpaired) electrons. The first kappa shape index (κ1) is 21.0. The van der Waals surface area contributed by atoms with Gasteiger partial charge in [-0.25, -0.2) is 4.79 Å². The maximum Gasteiger partial charge on any atom is 0.341 e. The van der Waals surface area contributed by atoms with Gasteiger partial charge in [-0.3, -0.25) is 4.79 Å². The maximum atomic E-state index is 12.2. The van der Waals surface area contributed by atoms with E-state index in [1.807, 2.05) is 12.3 Å². The fraction of sp³-hybridized carbons (Fsp3) is 0.667. The van der Waals surface area contributed by atoms with E-state index in [2.05, 4.69) is 33.0 Å². The van der Waals surface area contributed by atoms with E-state index in [0.29, 0.717) is 29.5 Å². The van der Waals surface area contributed by atoms with Gasteiger partial charge in [0, 0.05) is 17.1 Å². The molecule has 1 aromatic heterocycles. The maximum absolute atomic E-state index is 12.2. The number of thioether (sulfide) groups is 1. The van der Waals surface area contributed by atoms with E-state index in [1.165, 1.54) is 11.3 Å². The van der Waals surface area contributed by atoms with Crippen molar-refractivity contribution < 1.29 is 14.3 Å². The molecular formula is C18H29NO3S2. The van der Waals surface area contributed by atoms with Gasteiger partial charge in [-0.05, 0) is 37.0 Å². The Hall–Kier alpha value is -1.01. The normalized spacial score (nSPS) is 12.8. The minimum atomic E-state index is -0.372. The lowest BCUT2D eigenvalue weighted by Crippen LogP contribution is -2.14. The fourth-order valence-corrected chi connectivity index (χ4v) is 4.01. The van der Waals surface area contributed by atoms with Gasteiger partial charge < -0.3 is 10.1 Å². The lowest BCUT2D eigenvalue weighted by atomic mass is 9.85. The van der Waals surface area contributed by atoms with E-state index in [0.717, 1.165) is 17.1 Å². The molecule has 0 bridgehead atoms. The summed E-state index contributed by atoms with van der Waals surface area (Å²) in [5.41, 5.74) is 0.671. The molecule has 0 aliphatic heterocycles. The molecule has 136 valence electrons. The van der Waals surface area contributed by atoms with E-state index < -0.39 is 0 Å². The zero-order valence-corrected chi connectivity index (χ0v) is 17.2. The molecule has 4 nitrogen and oxygen atoms in total. The predicted molar refractivity (Wildman–Crippen MR) is 104 cm³/mol. The highest BCUT2D eigenvalue weighted by molar-refractivity contribution is 7.98. The van der Waals surface area contributed by atoms with Crippen molar-refractivity contribution in [3.05, 3.63) is 16.5 Å². The van der Waals surface area contributed by atoms with Gasteiger partial charge in [0.1, 0.15) is 5.00 Å². The van der Waals surface area contributed by atoms with Crippen molar-refractivity contribution in [2.24, 2.45) is 5.41 Å². The second kappa shape index (κ2) is 9.47. The van der Waals surface area contributed by atoms with Crippen LogP contribution in [-0.2, 0) is 9.53 Å². The molecule has 6 heteroatoms. The van der Waals surface area contributed by atoms with Gasteiger partial charge in [0.2, 0.25) is 5.91 Å². The highest BCUT2D eigenvalue weighted by atomic mass is 32.2. The van der Waals surface area contributed by atoms with Gasteiger partial charge in [0.15, 0.2) is 0 Å². The van der Waals surface area contributed by atoms with Crippen molar-refractivity contribution in [3.63, 3.8) is 0 Å². The zero-order valence-electron chi connectivity index (χ0n) is 15.5. The van der Waals surface area contributed by atoms with Crippen LogP contribution in [0.3, 0.4) is 0 Å². The molecule has 0 aromatic carbocycles. The van der Waals surface area contributed by atoms with Gasteiger partial charge in [-0.1, -0.05) is 27.7 Å². The van der Waals surface area contributed by atoms with Crippen molar-refractivity contribution in [3.8, 4) is 0 Å². The summed E-state index contributed by atoms with van der Waals surface area (Å²) in [5, 5.41) is 3.49. The Labute approximate surface area is 153 Å². The summed E-state index contributed by atoms with van der Waals surface area (Å²) >= 11 is 3.11. The van der Waals surface area contributed by atoms with Crippen LogP contribution in [0.5, 0.6) is 0 Å². The second-order valence-electron chi connectivity index (χ2n) is 7.07. The first-order valence-corrected chi connectivity index (χ1v) is 10.5. The number of carbonyl (C=O) groups excluding carboxylic acids is 2. The number of anilines is 1. The third-order valence-corrected chi connectivity index (χ3v) is 5.33. The molecule has 1 unspecified atom stereocenters. The number of rotatable bonds is 8. The Morgan fingerprint density at radius 2 is 2.04 bits per heavy atom. The molecule has 0 spiro atoms. The highest BCUT2D eigenvalue weighted by Gasteiger charge is 2.23. The number of hydrogen-bond acceptors (Lipinski definition) is 5. The van der Waals surface area contributed by atoms with Crippen molar-refractivity contribution >= 4 is 40.0 Å². The summed E-state index contributed by atoms with van der Waals surface area (Å²) in [5.74, 6) is 0.647. The van der Waals surface area contributed by atoms with E-state index >= 15 is 0 Å². The van der Waals surface area contributed by atoms with E-state index in [4.69, 9.17) is 4.74 Å². The Kier molecular flexibility index (Phi) is 8.30. The first-order valence-electron chi connectivity index (χ1n) is 8.27. The third kappa shape index (κ3) is 6.85. The second-order valence-corrected chi connectivity index (χ2v) is 9.14. The van der Waals surface area contributed by atoms with Crippen molar-refractivity contribution in [2.45, 2.75) is 53.4 Å². The molecule has 0 saturated heterocycles. The Morgan fingerprint density at radius 3 is 2.58 bits per heavy atom. The predicted octanol–water partition coefficient (Wildman–Crippen LogP) is 5.16. The number of ether oxygens (including phenoxy) is 1. The van der Waals surface area contributed by atoms with Gasteiger partial charge in [-0.2, -0.15) is 11.8 Å². The minimum Gasteiger partial charge on any atom is -0.462 e. The summed E-state index contributed by atoms with van der Waals surface area (Å²) in [6.07, 6.45) is 3.42. The average molecular weight is 372 g/mol. The van der Waals surface area contributed by atoms with Crippen molar-refractivity contribution in [1.29, 1.82) is 0 Å². The first-order chi connectivity index (χ1) is 11.2. The van der Waals surface area contributed by atoms with E-state index in [9.17, 15) is 9.59 Å². The summed E-state index contributed by atoms with van der Waals surface area (Å²) in [6.45, 7) is 10.9. The number of hydrogen-bond donors (Lipinski definition) is 1. The van der Waals surface area contributed by atoms with Crippen LogP contribution in [0, 0.1) is 5.41 Å². The molecule has 0 fully saturated rings. The quantitative estimate of drug-likeness (QED) is 0.642. The van der Waals surface area contributed by atoms with Crippen LogP contribution >= 0.6 is 23.1 Å². The molecular weight excluding hydrogens is 342 g/mol. The molecule has 1 aromatic rings. The van der Waals surface area contributed by atoms with Crippen LogP contribution < -0.4 is 5.32 Å². The standard InChI is InChI=1S/C18H29NO3S2/c1-7-22-17(21)13-10-14(12(2)11-18(3,4)5)24-16(13)19-15(20)8-9-23-6/h10,12H,7-9,11H2,1-6H3,(H,19,20). The summed E-state index contributed by atoms with van der Waals surface area (Å²) < 4.78 is 5.14. The molecule has 1 heterocycles. The van der Waals surface area contributed by atoms with Crippen LogP contribution in [0.2, 0.25) is 0 Å². The molecule has 1 atom stereocenters. The fourth-order valence-electron chi connectivity index (χ4n) is 2.51. The lowest BCUT2D eigenvalue weighted by Gasteiger charge is -2.22. The van der Waals surface area contributed by atoms with Crippen LogP contribution in [-0.4, -0.2) is 30.5 Å². The zero-order chi connectivity index (χ0) is 18.3. The Morgan fingerprint density at radius 1 is 1.38 bits per heavy atom. The van der Waals surface area contributed by atoms with Gasteiger partial charge in [0.25, 0.3) is 0 Å². The SMILES string of the molecule is CCOC(=O)c1cc(C(C)CC(C)(C)C)sc1NC(=O)CCSC. The monoisotopic (exact) mass is 371 g/mol. The molecule has 1 N–H and O–H groups in total. The van der Waals surface area contributed by atoms with Crippen LogP contribution in [0.1, 0.15) is 68.6 Å². The van der Waals surface area contributed by atoms with E-state index in [-0.39, 0.29) is 17.3 Å². The number of esters is 1. The summed E-state index contributed by atoms with van der Waals surface area (Å²) in [4.78, 5) is 25.4. The van der Waals surface area contributed by atoms with Crippen molar-refractivity contribution in [1.82, 2.24) is 0 Å². The van der Waals surface area contributed by atoms with Gasteiger partial charge in [0.05, 0.1) is 12.2 Å². The van der Waals surface area contributed by atoms with Crippen molar-refractivity contribution in [2.75, 3.05) is 23.9 Å². The largest absolute Gasteiger partial charge is 0.462 e. The summed E-state index contributed by atoms with van der Waals surface area (Å²) in [7, 11) is 0. The Bertz CT molecular complexity index is 561. The lowest BCUT2D eigenvalue weighted by molar-refractivity contribution is -0.115. The number of amides is 1. The average Bonchev–Trinajstić information content (AvgIpc) is 2.87. The number of thiophene rings is 1. The minimum absolute atomic E-state index is 0.0632. The molecule has 0 aliphatic rings. The third-order valence-electron chi connectivity index (χ3n) is 3.44. The molecule has 24 heavy (non-hydrogen) atoms. The molecule has 0 saturated carbocycles. The van der Waals surface area contributed by atoms with Crippen LogP contribution in [0.25, 0.3) is 0 Å². The molecule has 1 amide bonds. The topological polar surface area (TPSA) is 55.4 Å². The summed E-state index contributed by atoms with van der Waals surface area (Å²) in [6, 6.07) is 1.88. The number of carbonyl (C=O) groups is 2. The van der Waals surface area contributed by atoms with Crippen LogP contribution in [0.4, 0.5) is 5.00 Å². The van der Waals surface area contributed by atoms with E-state index in [1.54, 1.807) is 18.7 Å². The van der Waals surface area contributed by atoms with Gasteiger partial charge >= 0.3 is 5.97 Å². The molecule has 0 aliphatic carbocycles. The molecule has 1 rings (SSSR count).